The molecule has 31 heavy (non-hydrogen) atoms. The zero-order chi connectivity index (χ0) is 20.9. The molecule has 0 aliphatic carbocycles. The average molecular weight is 423 g/mol. The van der Waals surface area contributed by atoms with Crippen LogP contribution in [0.3, 0.4) is 0 Å². The SMILES string of the molecule is Cc1ccc(-c2ccnc3[nH]c(-c4n[nH]c5cnc(-c6cnccc6C)cc45)cc23)s1. The molecule has 6 nitrogen and oxygen atoms in total. The summed E-state index contributed by atoms with van der Waals surface area (Å²) >= 11 is 1.79. The molecule has 0 fully saturated rings. The van der Waals surface area contributed by atoms with E-state index >= 15 is 0 Å². The Labute approximate surface area is 182 Å². The highest BCUT2D eigenvalue weighted by Crippen LogP contribution is 2.36. The number of thiophene rings is 1. The van der Waals surface area contributed by atoms with Crippen molar-refractivity contribution in [2.75, 3.05) is 0 Å². The normalized spacial score (nSPS) is 11.5. The molecule has 0 spiro atoms. The fourth-order valence-electron chi connectivity index (χ4n) is 3.95. The maximum atomic E-state index is 4.61. The molecule has 0 amide bonds. The van der Waals surface area contributed by atoms with E-state index in [1.54, 1.807) is 17.5 Å². The van der Waals surface area contributed by atoms with Gasteiger partial charge in [0.1, 0.15) is 11.3 Å². The van der Waals surface area contributed by atoms with Crippen LogP contribution in [0.25, 0.3) is 55.0 Å². The molecule has 0 unspecified atom stereocenters. The second-order valence-electron chi connectivity index (χ2n) is 7.59. The predicted molar refractivity (Wildman–Crippen MR) is 125 cm³/mol. The zero-order valence-electron chi connectivity index (χ0n) is 17.0. The summed E-state index contributed by atoms with van der Waals surface area (Å²) in [5.74, 6) is 0. The average Bonchev–Trinajstić information content (AvgIpc) is 3.50. The van der Waals surface area contributed by atoms with Crippen molar-refractivity contribution in [3.63, 3.8) is 0 Å². The van der Waals surface area contributed by atoms with Crippen molar-refractivity contribution in [3.05, 3.63) is 71.6 Å². The molecule has 2 N–H and O–H groups in total. The lowest BCUT2D eigenvalue weighted by atomic mass is 10.1. The van der Waals surface area contributed by atoms with Crippen LogP contribution in [-0.4, -0.2) is 30.1 Å². The largest absolute Gasteiger partial charge is 0.338 e. The summed E-state index contributed by atoms with van der Waals surface area (Å²) < 4.78 is 0. The third kappa shape index (κ3) is 2.93. The second-order valence-corrected chi connectivity index (χ2v) is 8.88. The number of rotatable bonds is 3. The maximum absolute atomic E-state index is 4.61. The van der Waals surface area contributed by atoms with Gasteiger partial charge in [0.2, 0.25) is 0 Å². The number of nitrogens with one attached hydrogen (secondary N) is 2. The highest BCUT2D eigenvalue weighted by Gasteiger charge is 2.16. The van der Waals surface area contributed by atoms with Crippen LogP contribution in [0.4, 0.5) is 0 Å². The minimum atomic E-state index is 0.853. The predicted octanol–water partition coefficient (Wildman–Crippen LogP) is 5.91. The maximum Gasteiger partial charge on any atom is 0.138 e. The lowest BCUT2D eigenvalue weighted by molar-refractivity contribution is 1.11. The van der Waals surface area contributed by atoms with Crippen molar-refractivity contribution in [1.29, 1.82) is 0 Å². The Morgan fingerprint density at radius 3 is 2.65 bits per heavy atom. The molecular weight excluding hydrogens is 404 g/mol. The zero-order valence-corrected chi connectivity index (χ0v) is 17.8. The first kappa shape index (κ1) is 18.0. The Kier molecular flexibility index (Phi) is 3.97. The third-order valence-corrected chi connectivity index (χ3v) is 6.59. The van der Waals surface area contributed by atoms with Gasteiger partial charge in [-0.1, -0.05) is 0 Å². The fourth-order valence-corrected chi connectivity index (χ4v) is 4.86. The van der Waals surface area contributed by atoms with Gasteiger partial charge in [0, 0.05) is 50.2 Å². The number of nitrogens with zero attached hydrogens (tertiary/aromatic N) is 4. The fraction of sp³-hybridized carbons (Fsp3) is 0.0833. The van der Waals surface area contributed by atoms with Gasteiger partial charge in [0.15, 0.2) is 0 Å². The summed E-state index contributed by atoms with van der Waals surface area (Å²) in [6.45, 7) is 4.19. The summed E-state index contributed by atoms with van der Waals surface area (Å²) in [5, 5.41) is 9.79. The molecule has 0 bridgehead atoms. The molecule has 0 aliphatic rings. The number of hydrogen-bond acceptors (Lipinski definition) is 5. The number of aromatic amines is 2. The van der Waals surface area contributed by atoms with Gasteiger partial charge in [0.25, 0.3) is 0 Å². The van der Waals surface area contributed by atoms with E-state index in [1.807, 2.05) is 24.7 Å². The molecule has 6 rings (SSSR count). The van der Waals surface area contributed by atoms with Gasteiger partial charge in [-0.3, -0.25) is 15.1 Å². The van der Waals surface area contributed by atoms with E-state index in [1.165, 1.54) is 15.3 Å². The molecule has 150 valence electrons. The van der Waals surface area contributed by atoms with Gasteiger partial charge < -0.3 is 4.98 Å². The van der Waals surface area contributed by atoms with E-state index in [2.05, 4.69) is 74.3 Å². The summed E-state index contributed by atoms with van der Waals surface area (Å²) in [4.78, 5) is 19.4. The van der Waals surface area contributed by atoms with Crippen LogP contribution in [0.2, 0.25) is 0 Å². The van der Waals surface area contributed by atoms with E-state index in [4.69, 9.17) is 0 Å². The Hall–Kier alpha value is -3.84. The van der Waals surface area contributed by atoms with Crippen LogP contribution in [-0.2, 0) is 0 Å². The van der Waals surface area contributed by atoms with Gasteiger partial charge in [-0.05, 0) is 55.8 Å². The number of H-pyrrole nitrogens is 2. The van der Waals surface area contributed by atoms with E-state index in [-0.39, 0.29) is 0 Å². The molecule has 7 heteroatoms. The number of hydrogen-bond donors (Lipinski definition) is 2. The Morgan fingerprint density at radius 1 is 0.871 bits per heavy atom. The molecule has 0 atom stereocenters. The first-order valence-corrected chi connectivity index (χ1v) is 10.8. The number of aromatic nitrogens is 6. The lowest BCUT2D eigenvalue weighted by Crippen LogP contribution is -1.88. The van der Waals surface area contributed by atoms with E-state index in [0.29, 0.717) is 0 Å². The molecule has 6 heterocycles. The highest BCUT2D eigenvalue weighted by atomic mass is 32.1. The molecular formula is C24H18N6S. The van der Waals surface area contributed by atoms with Crippen molar-refractivity contribution in [2.45, 2.75) is 13.8 Å². The standard InChI is InChI=1S/C24H18N6S/c1-13-5-7-25-11-18(13)19-10-17-21(12-27-19)29-30-23(17)20-9-16-15(6-8-26-24(16)28-20)22-4-3-14(2)31-22/h3-12H,1-2H3,(H,26,28)(H,29,30). The molecule has 0 radical (unpaired) electrons. The third-order valence-electron chi connectivity index (χ3n) is 5.56. The minimum Gasteiger partial charge on any atom is -0.338 e. The van der Waals surface area contributed by atoms with E-state index < -0.39 is 0 Å². The van der Waals surface area contributed by atoms with Crippen molar-refractivity contribution in [1.82, 2.24) is 30.1 Å². The van der Waals surface area contributed by atoms with Gasteiger partial charge in [0.05, 0.1) is 23.1 Å². The number of aryl methyl sites for hydroxylation is 2. The van der Waals surface area contributed by atoms with Crippen molar-refractivity contribution >= 4 is 33.3 Å². The lowest BCUT2D eigenvalue weighted by Gasteiger charge is -2.04. The highest BCUT2D eigenvalue weighted by molar-refractivity contribution is 7.15. The summed E-state index contributed by atoms with van der Waals surface area (Å²) in [6, 6.07) is 12.6. The number of fused-ring (bicyclic) bond motifs is 2. The Balaban J connectivity index is 1.52. The van der Waals surface area contributed by atoms with E-state index in [9.17, 15) is 0 Å². The van der Waals surface area contributed by atoms with Crippen LogP contribution in [0.1, 0.15) is 10.4 Å². The second kappa shape index (κ2) is 6.85. The minimum absolute atomic E-state index is 0.853. The Morgan fingerprint density at radius 2 is 1.81 bits per heavy atom. The topological polar surface area (TPSA) is 83.1 Å². The van der Waals surface area contributed by atoms with Crippen LogP contribution in [0.15, 0.2) is 61.2 Å². The molecule has 0 aliphatic heterocycles. The van der Waals surface area contributed by atoms with Crippen LogP contribution >= 0.6 is 11.3 Å². The summed E-state index contributed by atoms with van der Waals surface area (Å²) in [6.07, 6.45) is 7.33. The smallest absolute Gasteiger partial charge is 0.138 e. The van der Waals surface area contributed by atoms with Crippen molar-refractivity contribution in [3.8, 4) is 33.1 Å². The van der Waals surface area contributed by atoms with Crippen LogP contribution < -0.4 is 0 Å². The van der Waals surface area contributed by atoms with Gasteiger partial charge >= 0.3 is 0 Å². The first-order chi connectivity index (χ1) is 15.2. The number of pyridine rings is 3. The van der Waals surface area contributed by atoms with Crippen LogP contribution in [0, 0.1) is 13.8 Å². The van der Waals surface area contributed by atoms with Crippen LogP contribution in [0.5, 0.6) is 0 Å². The Bertz CT molecular complexity index is 1570. The van der Waals surface area contributed by atoms with Gasteiger partial charge in [-0.2, -0.15) is 5.10 Å². The molecule has 0 saturated carbocycles. The molecule has 6 aromatic heterocycles. The molecule has 0 saturated heterocycles. The van der Waals surface area contributed by atoms with Crippen molar-refractivity contribution in [2.24, 2.45) is 0 Å². The van der Waals surface area contributed by atoms with Crippen molar-refractivity contribution < 1.29 is 0 Å². The quantitative estimate of drug-likeness (QED) is 0.371. The molecule has 0 aromatic carbocycles. The monoisotopic (exact) mass is 422 g/mol. The van der Waals surface area contributed by atoms with Gasteiger partial charge in [-0.25, -0.2) is 4.98 Å². The molecule has 6 aromatic rings. The summed E-state index contributed by atoms with van der Waals surface area (Å²) in [5.41, 5.74) is 7.74. The first-order valence-electron chi connectivity index (χ1n) is 9.97. The van der Waals surface area contributed by atoms with Gasteiger partial charge in [-0.15, -0.1) is 11.3 Å². The van der Waals surface area contributed by atoms with E-state index in [0.717, 1.165) is 50.1 Å². The summed E-state index contributed by atoms with van der Waals surface area (Å²) in [7, 11) is 0.